The van der Waals surface area contributed by atoms with Crippen LogP contribution in [0.1, 0.15) is 50.3 Å². The van der Waals surface area contributed by atoms with Gasteiger partial charge < -0.3 is 14.8 Å². The number of aryl methyl sites for hydroxylation is 1. The molecule has 0 fully saturated rings. The molecule has 1 N–H and O–H groups in total. The maximum atomic E-state index is 13.7. The molecule has 5 rings (SSSR count). The Morgan fingerprint density at radius 2 is 1.62 bits per heavy atom. The molecule has 8 heteroatoms. The normalized spacial score (nSPS) is 20.1. The van der Waals surface area contributed by atoms with E-state index in [1.807, 2.05) is 31.2 Å². The molecule has 2 aliphatic heterocycles. The van der Waals surface area contributed by atoms with Gasteiger partial charge >= 0.3 is 0 Å². The van der Waals surface area contributed by atoms with Crippen molar-refractivity contribution in [1.29, 1.82) is 0 Å². The van der Waals surface area contributed by atoms with Crippen LogP contribution in [0.2, 0.25) is 0 Å². The largest absolute Gasteiger partial charge is 0.487 e. The molecule has 2 heterocycles. The number of sulfonamides is 1. The molecule has 3 aromatic rings. The van der Waals surface area contributed by atoms with E-state index in [1.165, 1.54) is 4.31 Å². The number of nitrogens with zero attached hydrogens (tertiary/aromatic N) is 1. The van der Waals surface area contributed by atoms with Gasteiger partial charge in [0.2, 0.25) is 0 Å². The van der Waals surface area contributed by atoms with Gasteiger partial charge in [0.25, 0.3) is 15.9 Å². The van der Waals surface area contributed by atoms with Crippen LogP contribution in [0.15, 0.2) is 77.7 Å². The van der Waals surface area contributed by atoms with Gasteiger partial charge in [0.15, 0.2) is 6.10 Å². The summed E-state index contributed by atoms with van der Waals surface area (Å²) in [6.45, 7) is 5.95. The van der Waals surface area contributed by atoms with Crippen LogP contribution in [0.25, 0.3) is 0 Å². The lowest BCUT2D eigenvalue weighted by Gasteiger charge is -2.42. The van der Waals surface area contributed by atoms with Gasteiger partial charge in [0.05, 0.1) is 23.2 Å². The molecule has 0 aliphatic carbocycles. The van der Waals surface area contributed by atoms with E-state index < -0.39 is 16.1 Å². The highest BCUT2D eigenvalue weighted by Gasteiger charge is 2.42. The molecule has 0 spiro atoms. The topological polar surface area (TPSA) is 84.9 Å². The minimum absolute atomic E-state index is 0.128. The number of hydrogen-bond donors (Lipinski definition) is 1. The summed E-state index contributed by atoms with van der Waals surface area (Å²) in [4.78, 5) is 13.8. The summed E-state index contributed by atoms with van der Waals surface area (Å²) in [6.07, 6.45) is 1.22. The number of ether oxygens (including phenoxy) is 2. The second kappa shape index (κ2) is 9.74. The highest BCUT2D eigenvalue weighted by molar-refractivity contribution is 7.92. The van der Waals surface area contributed by atoms with E-state index in [0.717, 1.165) is 29.7 Å². The number of hydrogen-bond acceptors (Lipinski definition) is 5. The fourth-order valence-corrected chi connectivity index (χ4v) is 6.57. The Morgan fingerprint density at radius 3 is 2.32 bits per heavy atom. The summed E-state index contributed by atoms with van der Waals surface area (Å²) >= 11 is 0. The van der Waals surface area contributed by atoms with Crippen LogP contribution in [0, 0.1) is 6.92 Å². The molecule has 0 aromatic heterocycles. The van der Waals surface area contributed by atoms with E-state index in [4.69, 9.17) is 9.47 Å². The zero-order chi connectivity index (χ0) is 26.2. The SMILES string of the molecule is CCC1(CC)C[C@H](NC(=O)[C@H]2CN(S(=O)(=O)c3ccc(C)cc3)c3ccccc3O2)c2ccccc2O1. The average Bonchev–Trinajstić information content (AvgIpc) is 2.92. The van der Waals surface area contributed by atoms with Crippen molar-refractivity contribution in [3.8, 4) is 11.5 Å². The third-order valence-corrected chi connectivity index (χ3v) is 9.23. The molecule has 1 amide bonds. The van der Waals surface area contributed by atoms with Crippen LogP contribution in [0.4, 0.5) is 5.69 Å². The van der Waals surface area contributed by atoms with E-state index in [2.05, 4.69) is 19.2 Å². The lowest BCUT2D eigenvalue weighted by molar-refractivity contribution is -0.129. The van der Waals surface area contributed by atoms with Crippen molar-refractivity contribution in [2.75, 3.05) is 10.8 Å². The Hall–Kier alpha value is -3.52. The van der Waals surface area contributed by atoms with Gasteiger partial charge in [-0.1, -0.05) is 61.9 Å². The smallest absolute Gasteiger partial charge is 0.264 e. The van der Waals surface area contributed by atoms with Gasteiger partial charge in [-0.3, -0.25) is 9.10 Å². The summed E-state index contributed by atoms with van der Waals surface area (Å²) in [5.41, 5.74) is 1.91. The van der Waals surface area contributed by atoms with Crippen LogP contribution >= 0.6 is 0 Å². The lowest BCUT2D eigenvalue weighted by Crippen LogP contribution is -2.52. The van der Waals surface area contributed by atoms with Crippen molar-refractivity contribution in [2.24, 2.45) is 0 Å². The second-order valence-electron chi connectivity index (χ2n) is 9.72. The molecule has 37 heavy (non-hydrogen) atoms. The van der Waals surface area contributed by atoms with E-state index in [9.17, 15) is 13.2 Å². The van der Waals surface area contributed by atoms with Gasteiger partial charge in [0, 0.05) is 12.0 Å². The van der Waals surface area contributed by atoms with Crippen molar-refractivity contribution < 1.29 is 22.7 Å². The van der Waals surface area contributed by atoms with Gasteiger partial charge in [-0.05, 0) is 50.1 Å². The van der Waals surface area contributed by atoms with Crippen LogP contribution in [0.3, 0.4) is 0 Å². The molecule has 0 saturated carbocycles. The molecule has 194 valence electrons. The molecule has 2 aliphatic rings. The summed E-state index contributed by atoms with van der Waals surface area (Å²) in [6, 6.07) is 21.1. The third-order valence-electron chi connectivity index (χ3n) is 7.44. The molecular weight excluding hydrogens is 488 g/mol. The highest BCUT2D eigenvalue weighted by atomic mass is 32.2. The van der Waals surface area contributed by atoms with Crippen molar-refractivity contribution in [2.45, 2.75) is 62.7 Å². The average molecular weight is 521 g/mol. The van der Waals surface area contributed by atoms with Crippen LogP contribution < -0.4 is 19.1 Å². The Kier molecular flexibility index (Phi) is 6.62. The van der Waals surface area contributed by atoms with Gasteiger partial charge in [-0.2, -0.15) is 0 Å². The van der Waals surface area contributed by atoms with E-state index in [-0.39, 0.29) is 29.0 Å². The minimum Gasteiger partial charge on any atom is -0.487 e. The first kappa shape index (κ1) is 25.1. The molecule has 3 aromatic carbocycles. The van der Waals surface area contributed by atoms with Crippen molar-refractivity contribution in [3.63, 3.8) is 0 Å². The molecule has 0 radical (unpaired) electrons. The molecule has 7 nitrogen and oxygen atoms in total. The monoisotopic (exact) mass is 520 g/mol. The fraction of sp³-hybridized carbons (Fsp3) is 0.345. The number of benzene rings is 3. The van der Waals surface area contributed by atoms with E-state index in [1.54, 1.807) is 48.5 Å². The molecule has 0 saturated heterocycles. The van der Waals surface area contributed by atoms with Crippen LogP contribution in [-0.2, 0) is 14.8 Å². The van der Waals surface area contributed by atoms with E-state index in [0.29, 0.717) is 17.9 Å². The maximum absolute atomic E-state index is 13.7. The van der Waals surface area contributed by atoms with Gasteiger partial charge in [-0.25, -0.2) is 8.42 Å². The highest BCUT2D eigenvalue weighted by Crippen LogP contribution is 2.43. The number of amides is 1. The number of rotatable bonds is 6. The minimum atomic E-state index is -3.91. The summed E-state index contributed by atoms with van der Waals surface area (Å²) in [5.74, 6) is 0.760. The first-order chi connectivity index (χ1) is 17.8. The maximum Gasteiger partial charge on any atom is 0.264 e. The quantitative estimate of drug-likeness (QED) is 0.486. The number of para-hydroxylation sites is 3. The van der Waals surface area contributed by atoms with Gasteiger partial charge in [0.1, 0.15) is 17.1 Å². The van der Waals surface area contributed by atoms with Crippen LogP contribution in [0.5, 0.6) is 11.5 Å². The Labute approximate surface area is 218 Å². The first-order valence-electron chi connectivity index (χ1n) is 12.7. The summed E-state index contributed by atoms with van der Waals surface area (Å²) in [5, 5.41) is 3.15. The molecule has 0 bridgehead atoms. The summed E-state index contributed by atoms with van der Waals surface area (Å²) in [7, 11) is -3.91. The Bertz CT molecular complexity index is 1400. The van der Waals surface area contributed by atoms with Crippen molar-refractivity contribution in [3.05, 3.63) is 83.9 Å². The first-order valence-corrected chi connectivity index (χ1v) is 14.1. The van der Waals surface area contributed by atoms with Crippen molar-refractivity contribution in [1.82, 2.24) is 5.32 Å². The standard InChI is InChI=1S/C29H32N2O5S/c1-4-29(5-2)18-23(22-10-6-8-12-25(22)36-29)30-28(32)27-19-31(24-11-7-9-13-26(24)35-27)37(33,34)21-16-14-20(3)15-17-21/h6-17,23,27H,4-5,18-19H2,1-3H3,(H,30,32)/t23-,27+/m0/s1. The van der Waals surface area contributed by atoms with E-state index >= 15 is 0 Å². The zero-order valence-corrected chi connectivity index (χ0v) is 22.1. The number of nitrogens with one attached hydrogen (secondary N) is 1. The van der Waals surface area contributed by atoms with Gasteiger partial charge in [-0.15, -0.1) is 0 Å². The van der Waals surface area contributed by atoms with Crippen molar-refractivity contribution >= 4 is 21.6 Å². The predicted molar refractivity (Wildman–Crippen MR) is 142 cm³/mol. The number of fused-ring (bicyclic) bond motifs is 2. The molecular formula is C29H32N2O5S. The third kappa shape index (κ3) is 4.66. The second-order valence-corrected chi connectivity index (χ2v) is 11.6. The molecule has 0 unspecified atom stereocenters. The fourth-order valence-electron chi connectivity index (χ4n) is 5.10. The Morgan fingerprint density at radius 1 is 0.973 bits per heavy atom. The number of anilines is 1. The summed E-state index contributed by atoms with van der Waals surface area (Å²) < 4.78 is 41.0. The predicted octanol–water partition coefficient (Wildman–Crippen LogP) is 5.15. The lowest BCUT2D eigenvalue weighted by atomic mass is 9.83. The number of carbonyl (C=O) groups is 1. The number of carbonyl (C=O) groups excluding carboxylic acids is 1. The van der Waals surface area contributed by atoms with Crippen LogP contribution in [-0.4, -0.2) is 32.6 Å². The Balaban J connectivity index is 1.45. The molecule has 2 atom stereocenters. The zero-order valence-electron chi connectivity index (χ0n) is 21.3.